The highest BCUT2D eigenvalue weighted by molar-refractivity contribution is 6.33. The predicted octanol–water partition coefficient (Wildman–Crippen LogP) is 4.09. The van der Waals surface area contributed by atoms with Gasteiger partial charge < -0.3 is 4.84 Å². The van der Waals surface area contributed by atoms with Crippen molar-refractivity contribution in [3.05, 3.63) is 93.5 Å². The molecule has 0 aromatic heterocycles. The zero-order valence-corrected chi connectivity index (χ0v) is 13.5. The monoisotopic (exact) mass is 344 g/mol. The topological polar surface area (TPSA) is 81.8 Å². The maximum absolute atomic E-state index is 12.2. The highest BCUT2D eigenvalue weighted by Crippen LogP contribution is 2.27. The van der Waals surface area contributed by atoms with E-state index in [0.717, 1.165) is 16.3 Å². The summed E-state index contributed by atoms with van der Waals surface area (Å²) >= 11 is 0. The van der Waals surface area contributed by atoms with Crippen molar-refractivity contribution in [1.29, 1.82) is 0 Å². The van der Waals surface area contributed by atoms with Crippen LogP contribution < -0.4 is 0 Å². The van der Waals surface area contributed by atoms with E-state index in [0.29, 0.717) is 11.3 Å². The smallest absolute Gasteiger partial charge is 0.312 e. The Kier molecular flexibility index (Phi) is 3.78. The Hall–Kier alpha value is -3.80. The van der Waals surface area contributed by atoms with Gasteiger partial charge in [0.1, 0.15) is 5.71 Å². The van der Waals surface area contributed by atoms with Crippen LogP contribution in [0.2, 0.25) is 0 Å². The molecule has 0 unspecified atom stereocenters. The van der Waals surface area contributed by atoms with Crippen LogP contribution in [0.1, 0.15) is 11.1 Å². The average Bonchev–Trinajstić information content (AvgIpc) is 3.02. The van der Waals surface area contributed by atoms with Crippen molar-refractivity contribution in [3.8, 4) is 0 Å². The Morgan fingerprint density at radius 3 is 2.62 bits per heavy atom. The Balaban J connectivity index is 1.83. The van der Waals surface area contributed by atoms with Crippen LogP contribution in [0.4, 0.5) is 5.69 Å². The Morgan fingerprint density at radius 1 is 1.00 bits per heavy atom. The van der Waals surface area contributed by atoms with E-state index in [1.165, 1.54) is 12.1 Å². The lowest BCUT2D eigenvalue weighted by molar-refractivity contribution is -0.384. The number of fused-ring (bicyclic) bond motifs is 1. The van der Waals surface area contributed by atoms with Gasteiger partial charge in [-0.1, -0.05) is 59.8 Å². The minimum absolute atomic E-state index is 0.0469. The fourth-order valence-electron chi connectivity index (χ4n) is 2.93. The SMILES string of the molecule is O=C1ON=C(c2cccc3ccccc23)/C1=C/c1cccc([N+](=O)[O-])c1. The molecule has 0 fully saturated rings. The number of non-ortho nitro benzene ring substituents is 1. The van der Waals surface area contributed by atoms with E-state index in [1.807, 2.05) is 42.5 Å². The molecule has 0 saturated carbocycles. The molecule has 126 valence electrons. The van der Waals surface area contributed by atoms with Crippen LogP contribution in [0.15, 0.2) is 77.5 Å². The second-order valence-electron chi connectivity index (χ2n) is 5.76. The number of rotatable bonds is 3. The quantitative estimate of drug-likeness (QED) is 0.310. The average molecular weight is 344 g/mol. The molecule has 0 amide bonds. The first-order chi connectivity index (χ1) is 12.6. The van der Waals surface area contributed by atoms with Crippen LogP contribution >= 0.6 is 0 Å². The molecule has 3 aromatic rings. The van der Waals surface area contributed by atoms with Crippen LogP contribution in [0.5, 0.6) is 0 Å². The second-order valence-corrected chi connectivity index (χ2v) is 5.76. The number of carbonyl (C=O) groups is 1. The molecule has 6 nitrogen and oxygen atoms in total. The van der Waals surface area contributed by atoms with Crippen LogP contribution in [-0.4, -0.2) is 16.6 Å². The van der Waals surface area contributed by atoms with E-state index in [9.17, 15) is 14.9 Å². The summed E-state index contributed by atoms with van der Waals surface area (Å²) in [5.41, 5.74) is 1.93. The number of nitrogens with zero attached hydrogens (tertiary/aromatic N) is 2. The van der Waals surface area contributed by atoms with Crippen LogP contribution in [0.3, 0.4) is 0 Å². The van der Waals surface area contributed by atoms with Crippen molar-refractivity contribution in [1.82, 2.24) is 0 Å². The summed E-state index contributed by atoms with van der Waals surface area (Å²) in [6.07, 6.45) is 1.56. The summed E-state index contributed by atoms with van der Waals surface area (Å²) < 4.78 is 0. The summed E-state index contributed by atoms with van der Waals surface area (Å²) in [5.74, 6) is -0.584. The zero-order valence-electron chi connectivity index (χ0n) is 13.5. The molecule has 0 radical (unpaired) electrons. The van der Waals surface area contributed by atoms with Crippen molar-refractivity contribution in [2.24, 2.45) is 5.16 Å². The van der Waals surface area contributed by atoms with Gasteiger partial charge in [-0.25, -0.2) is 4.79 Å². The number of carbonyl (C=O) groups excluding carboxylic acids is 1. The van der Waals surface area contributed by atoms with Crippen molar-refractivity contribution in [2.75, 3.05) is 0 Å². The van der Waals surface area contributed by atoms with Crippen molar-refractivity contribution >= 4 is 34.2 Å². The normalized spacial score (nSPS) is 15.2. The third-order valence-corrected chi connectivity index (χ3v) is 4.13. The summed E-state index contributed by atoms with van der Waals surface area (Å²) in [6, 6.07) is 19.5. The first kappa shape index (κ1) is 15.7. The van der Waals surface area contributed by atoms with Gasteiger partial charge in [0.15, 0.2) is 0 Å². The minimum Gasteiger partial charge on any atom is -0.312 e. The highest BCUT2D eigenvalue weighted by Gasteiger charge is 2.28. The van der Waals surface area contributed by atoms with Gasteiger partial charge in [0.2, 0.25) is 0 Å². The van der Waals surface area contributed by atoms with Gasteiger partial charge in [0.25, 0.3) is 5.69 Å². The van der Waals surface area contributed by atoms with Crippen LogP contribution in [0, 0.1) is 10.1 Å². The molecule has 1 aliphatic heterocycles. The van der Waals surface area contributed by atoms with E-state index >= 15 is 0 Å². The molecule has 1 aliphatic rings. The predicted molar refractivity (Wildman–Crippen MR) is 97.7 cm³/mol. The number of nitro groups is 1. The summed E-state index contributed by atoms with van der Waals surface area (Å²) in [5, 5.41) is 16.9. The molecule has 6 heteroatoms. The maximum atomic E-state index is 12.2. The molecule has 0 N–H and O–H groups in total. The first-order valence-corrected chi connectivity index (χ1v) is 7.87. The van der Waals surface area contributed by atoms with Crippen LogP contribution in [0.25, 0.3) is 16.8 Å². The van der Waals surface area contributed by atoms with Gasteiger partial charge in [0, 0.05) is 17.7 Å². The molecule has 0 saturated heterocycles. The highest BCUT2D eigenvalue weighted by atomic mass is 16.7. The lowest BCUT2D eigenvalue weighted by Gasteiger charge is -2.06. The van der Waals surface area contributed by atoms with E-state index in [1.54, 1.807) is 18.2 Å². The number of benzene rings is 3. The fraction of sp³-hybridized carbons (Fsp3) is 0. The Bertz CT molecular complexity index is 1110. The number of hydrogen-bond acceptors (Lipinski definition) is 5. The molecule has 26 heavy (non-hydrogen) atoms. The van der Waals surface area contributed by atoms with E-state index in [2.05, 4.69) is 5.16 Å². The lowest BCUT2D eigenvalue weighted by Crippen LogP contribution is -2.07. The van der Waals surface area contributed by atoms with E-state index < -0.39 is 10.9 Å². The standard InChI is InChI=1S/C20H12N2O4/c23-20-18(12-13-5-3-8-15(11-13)22(24)25)19(21-26-20)17-10-4-7-14-6-1-2-9-16(14)17/h1-12H/b18-12-. The summed E-state index contributed by atoms with van der Waals surface area (Å²) in [4.78, 5) is 27.5. The van der Waals surface area contributed by atoms with Crippen molar-refractivity contribution in [2.45, 2.75) is 0 Å². The molecule has 0 atom stereocenters. The zero-order chi connectivity index (χ0) is 18.1. The molecule has 0 bridgehead atoms. The van der Waals surface area contributed by atoms with E-state index in [4.69, 9.17) is 4.84 Å². The largest absolute Gasteiger partial charge is 0.368 e. The molecule has 4 rings (SSSR count). The van der Waals surface area contributed by atoms with Crippen LogP contribution in [-0.2, 0) is 9.63 Å². The summed E-state index contributed by atoms with van der Waals surface area (Å²) in [6.45, 7) is 0. The Labute approximate surface area is 148 Å². The molecule has 0 spiro atoms. The van der Waals surface area contributed by atoms with Gasteiger partial charge in [-0.15, -0.1) is 0 Å². The molecular weight excluding hydrogens is 332 g/mol. The maximum Gasteiger partial charge on any atom is 0.368 e. The first-order valence-electron chi connectivity index (χ1n) is 7.87. The second kappa shape index (κ2) is 6.25. The van der Waals surface area contributed by atoms with Gasteiger partial charge >= 0.3 is 5.97 Å². The molecule has 1 heterocycles. The Morgan fingerprint density at radius 2 is 1.77 bits per heavy atom. The number of oxime groups is 1. The molecule has 0 aliphatic carbocycles. The number of hydrogen-bond donors (Lipinski definition) is 0. The van der Waals surface area contributed by atoms with Gasteiger partial charge in [0.05, 0.1) is 10.5 Å². The fourth-order valence-corrected chi connectivity index (χ4v) is 2.93. The number of nitro benzene ring substituents is 1. The van der Waals surface area contributed by atoms with E-state index in [-0.39, 0.29) is 11.3 Å². The van der Waals surface area contributed by atoms with Crippen molar-refractivity contribution in [3.63, 3.8) is 0 Å². The van der Waals surface area contributed by atoms with Gasteiger partial charge in [-0.2, -0.15) is 0 Å². The minimum atomic E-state index is -0.584. The summed E-state index contributed by atoms with van der Waals surface area (Å²) in [7, 11) is 0. The third kappa shape index (κ3) is 2.73. The molecular formula is C20H12N2O4. The van der Waals surface area contributed by atoms with Gasteiger partial charge in [-0.3, -0.25) is 10.1 Å². The van der Waals surface area contributed by atoms with Gasteiger partial charge in [-0.05, 0) is 22.4 Å². The van der Waals surface area contributed by atoms with Crippen molar-refractivity contribution < 1.29 is 14.6 Å². The third-order valence-electron chi connectivity index (χ3n) is 4.13. The lowest BCUT2D eigenvalue weighted by atomic mass is 9.95. The molecule has 3 aromatic carbocycles.